The summed E-state index contributed by atoms with van der Waals surface area (Å²) in [4.78, 5) is 45.0. The average Bonchev–Trinajstić information content (AvgIpc) is 3.77. The molecule has 0 spiro atoms. The molecule has 10 heteroatoms. The van der Waals surface area contributed by atoms with Gasteiger partial charge in [-0.15, -0.1) is 0 Å². The second-order valence-corrected chi connectivity index (χ2v) is 12.4. The van der Waals surface area contributed by atoms with E-state index in [1.165, 1.54) is 23.0 Å². The van der Waals surface area contributed by atoms with Crippen molar-refractivity contribution < 1.29 is 19.5 Å². The monoisotopic (exact) mass is 642 g/mol. The largest absolute Gasteiger partial charge is 0.508 e. The SMILES string of the molecule is CCn1c2ccccc2c2cc(-c3nc4cc(C(=O)NC(Cc5ccc(O)cc5)C(N)=O)ccc4n3CCCN3CCCC3=O)ccc21. The molecule has 48 heavy (non-hydrogen) atoms. The molecule has 0 radical (unpaired) electrons. The molecule has 10 nitrogen and oxygen atoms in total. The van der Waals surface area contributed by atoms with E-state index in [-0.39, 0.29) is 18.1 Å². The van der Waals surface area contributed by atoms with Crippen LogP contribution in [-0.4, -0.2) is 61.0 Å². The van der Waals surface area contributed by atoms with Gasteiger partial charge in [0.2, 0.25) is 11.8 Å². The topological polar surface area (TPSA) is 135 Å². The Morgan fingerprint density at radius 3 is 2.44 bits per heavy atom. The molecule has 244 valence electrons. The first kappa shape index (κ1) is 31.0. The number of aryl methyl sites for hydroxylation is 2. The summed E-state index contributed by atoms with van der Waals surface area (Å²) in [5.74, 6) is 0.0201. The first-order valence-corrected chi connectivity index (χ1v) is 16.5. The first-order chi connectivity index (χ1) is 23.3. The van der Waals surface area contributed by atoms with Gasteiger partial charge in [0.1, 0.15) is 17.6 Å². The molecule has 7 rings (SSSR count). The quantitative estimate of drug-likeness (QED) is 0.175. The number of carbonyl (C=O) groups excluding carboxylic acids is 3. The fraction of sp³-hybridized carbons (Fsp3) is 0.263. The van der Waals surface area contributed by atoms with Crippen molar-refractivity contribution >= 4 is 50.6 Å². The van der Waals surface area contributed by atoms with Crippen molar-refractivity contribution in [3.05, 3.63) is 96.1 Å². The third-order valence-corrected chi connectivity index (χ3v) is 9.36. The molecule has 4 aromatic carbocycles. The third kappa shape index (κ3) is 5.85. The summed E-state index contributed by atoms with van der Waals surface area (Å²) in [5.41, 5.74) is 11.6. The van der Waals surface area contributed by atoms with Crippen molar-refractivity contribution in [3.63, 3.8) is 0 Å². The van der Waals surface area contributed by atoms with Crippen molar-refractivity contribution in [2.75, 3.05) is 13.1 Å². The number of hydrogen-bond acceptors (Lipinski definition) is 5. The molecule has 0 bridgehead atoms. The van der Waals surface area contributed by atoms with Crippen LogP contribution in [0.5, 0.6) is 5.75 Å². The Morgan fingerprint density at radius 1 is 0.917 bits per heavy atom. The molecule has 1 unspecified atom stereocenters. The van der Waals surface area contributed by atoms with E-state index < -0.39 is 17.9 Å². The lowest BCUT2D eigenvalue weighted by atomic mass is 10.0. The van der Waals surface area contributed by atoms with Gasteiger partial charge >= 0.3 is 0 Å². The summed E-state index contributed by atoms with van der Waals surface area (Å²) in [6.07, 6.45) is 2.47. The zero-order chi connectivity index (χ0) is 33.4. The Morgan fingerprint density at radius 2 is 1.69 bits per heavy atom. The van der Waals surface area contributed by atoms with Crippen LogP contribution in [0, 0.1) is 0 Å². The fourth-order valence-electron chi connectivity index (χ4n) is 6.94. The molecule has 1 saturated heterocycles. The Hall–Kier alpha value is -5.64. The predicted molar refractivity (Wildman–Crippen MR) is 187 cm³/mol. The highest BCUT2D eigenvalue weighted by molar-refractivity contribution is 6.09. The zero-order valence-corrected chi connectivity index (χ0v) is 26.9. The van der Waals surface area contributed by atoms with Crippen molar-refractivity contribution in [1.82, 2.24) is 24.3 Å². The first-order valence-electron chi connectivity index (χ1n) is 16.5. The standard InChI is InChI=1S/C38H38N6O4/c1-2-43-32-8-4-3-7-28(32)29-22-25(12-16-33(29)43)37-40-30-23-26(13-17-34(30)44(37)20-6-19-42-18-5-9-35(42)46)38(48)41-31(36(39)47)21-24-10-14-27(45)15-11-24/h3-4,7-8,10-17,22-23,31,45H,2,5-6,9,18-21H2,1H3,(H2,39,47)(H,41,48). The third-order valence-electron chi connectivity index (χ3n) is 9.36. The summed E-state index contributed by atoms with van der Waals surface area (Å²) in [7, 11) is 0. The molecule has 3 amide bonds. The summed E-state index contributed by atoms with van der Waals surface area (Å²) >= 11 is 0. The molecular formula is C38H38N6O4. The maximum absolute atomic E-state index is 13.4. The molecule has 3 heterocycles. The molecule has 4 N–H and O–H groups in total. The highest BCUT2D eigenvalue weighted by Crippen LogP contribution is 2.34. The molecule has 2 aromatic heterocycles. The van der Waals surface area contributed by atoms with E-state index in [0.29, 0.717) is 30.6 Å². The molecule has 1 atom stereocenters. The maximum atomic E-state index is 13.4. The molecule has 0 aliphatic carbocycles. The fourth-order valence-corrected chi connectivity index (χ4v) is 6.94. The van der Waals surface area contributed by atoms with Gasteiger partial charge in [-0.2, -0.15) is 0 Å². The van der Waals surface area contributed by atoms with Gasteiger partial charge in [-0.25, -0.2) is 4.98 Å². The smallest absolute Gasteiger partial charge is 0.252 e. The number of benzene rings is 4. The van der Waals surface area contributed by atoms with Crippen LogP contribution in [0.2, 0.25) is 0 Å². The molecule has 0 saturated carbocycles. The number of para-hydroxylation sites is 1. The number of nitrogens with zero attached hydrogens (tertiary/aromatic N) is 4. The number of aromatic nitrogens is 3. The second-order valence-electron chi connectivity index (χ2n) is 12.4. The van der Waals surface area contributed by atoms with Crippen LogP contribution >= 0.6 is 0 Å². The molecular weight excluding hydrogens is 604 g/mol. The van der Waals surface area contributed by atoms with Gasteiger partial charge in [0.15, 0.2) is 0 Å². The average molecular weight is 643 g/mol. The minimum Gasteiger partial charge on any atom is -0.508 e. The Bertz CT molecular complexity index is 2180. The van der Waals surface area contributed by atoms with Crippen molar-refractivity contribution in [2.45, 2.75) is 51.7 Å². The molecule has 1 aliphatic heterocycles. The van der Waals surface area contributed by atoms with Gasteiger partial charge in [-0.05, 0) is 79.9 Å². The van der Waals surface area contributed by atoms with Crippen LogP contribution in [0.25, 0.3) is 44.2 Å². The predicted octanol–water partition coefficient (Wildman–Crippen LogP) is 5.38. The van der Waals surface area contributed by atoms with Crippen molar-refractivity contribution in [3.8, 4) is 17.1 Å². The van der Waals surface area contributed by atoms with E-state index in [4.69, 9.17) is 10.7 Å². The number of carbonyl (C=O) groups is 3. The summed E-state index contributed by atoms with van der Waals surface area (Å²) < 4.78 is 4.49. The summed E-state index contributed by atoms with van der Waals surface area (Å²) in [5, 5.41) is 14.7. The highest BCUT2D eigenvalue weighted by atomic mass is 16.3. The minimum atomic E-state index is -0.934. The second kappa shape index (κ2) is 12.9. The number of rotatable bonds is 11. The normalized spacial score (nSPS) is 13.9. The molecule has 6 aromatic rings. The Kier molecular flexibility index (Phi) is 8.31. The number of imidazole rings is 1. The van der Waals surface area contributed by atoms with Gasteiger partial charge in [0.25, 0.3) is 5.91 Å². The van der Waals surface area contributed by atoms with Crippen LogP contribution in [0.3, 0.4) is 0 Å². The van der Waals surface area contributed by atoms with Crippen LogP contribution in [0.4, 0.5) is 0 Å². The number of likely N-dealkylation sites (tertiary alicyclic amines) is 1. The number of phenols is 1. The van der Waals surface area contributed by atoms with E-state index in [2.05, 4.69) is 63.8 Å². The summed E-state index contributed by atoms with van der Waals surface area (Å²) in [6.45, 7) is 5.12. The van der Waals surface area contributed by atoms with Gasteiger partial charge in [0.05, 0.1) is 11.0 Å². The van der Waals surface area contributed by atoms with Gasteiger partial charge in [-0.3, -0.25) is 14.4 Å². The number of nitrogens with two attached hydrogens (primary N) is 1. The van der Waals surface area contributed by atoms with E-state index in [9.17, 15) is 19.5 Å². The number of fused-ring (bicyclic) bond motifs is 4. The van der Waals surface area contributed by atoms with E-state index >= 15 is 0 Å². The zero-order valence-electron chi connectivity index (χ0n) is 26.9. The number of aromatic hydroxyl groups is 1. The molecule has 1 fully saturated rings. The van der Waals surface area contributed by atoms with E-state index in [0.717, 1.165) is 59.3 Å². The van der Waals surface area contributed by atoms with Gasteiger partial charge in [-0.1, -0.05) is 30.3 Å². The minimum absolute atomic E-state index is 0.114. The lowest BCUT2D eigenvalue weighted by Crippen LogP contribution is -2.45. The molecule has 1 aliphatic rings. The van der Waals surface area contributed by atoms with Crippen LogP contribution in [0.1, 0.15) is 42.1 Å². The lowest BCUT2D eigenvalue weighted by molar-refractivity contribution is -0.127. The van der Waals surface area contributed by atoms with E-state index in [1.807, 2.05) is 11.0 Å². The maximum Gasteiger partial charge on any atom is 0.252 e. The van der Waals surface area contributed by atoms with Crippen LogP contribution in [-0.2, 0) is 29.1 Å². The number of primary amides is 1. The lowest BCUT2D eigenvalue weighted by Gasteiger charge is -2.17. The van der Waals surface area contributed by atoms with Crippen molar-refractivity contribution in [1.29, 1.82) is 0 Å². The van der Waals surface area contributed by atoms with Crippen molar-refractivity contribution in [2.24, 2.45) is 5.73 Å². The van der Waals surface area contributed by atoms with Crippen LogP contribution in [0.15, 0.2) is 84.9 Å². The van der Waals surface area contributed by atoms with Crippen LogP contribution < -0.4 is 11.1 Å². The van der Waals surface area contributed by atoms with Gasteiger partial charge < -0.3 is 30.2 Å². The Labute approximate surface area is 277 Å². The number of hydrogen-bond donors (Lipinski definition) is 3. The van der Waals surface area contributed by atoms with Gasteiger partial charge in [0, 0.05) is 72.0 Å². The summed E-state index contributed by atoms with van der Waals surface area (Å²) in [6, 6.07) is 25.7. The van der Waals surface area contributed by atoms with E-state index in [1.54, 1.807) is 24.3 Å². The number of amides is 3. The number of phenolic OH excluding ortho intramolecular Hbond substituents is 1. The Balaban J connectivity index is 1.24. The number of nitrogens with one attached hydrogen (secondary N) is 1. The highest BCUT2D eigenvalue weighted by Gasteiger charge is 2.23.